The molecule has 0 spiro atoms. The standard InChI is InChI=1S/C14H23NO4/c1-19-14(7-4-8-14)9-11(16)15-13(10-12(17)18)5-2-3-6-13/h2-10H2,1H3,(H,15,16)(H,17,18). The monoisotopic (exact) mass is 269 g/mol. The first-order valence-electron chi connectivity index (χ1n) is 7.07. The van der Waals surface area contributed by atoms with Gasteiger partial charge in [0.2, 0.25) is 5.91 Å². The Bertz CT molecular complexity index is 351. The Kier molecular flexibility index (Phi) is 4.13. The summed E-state index contributed by atoms with van der Waals surface area (Å²) in [4.78, 5) is 23.1. The van der Waals surface area contributed by atoms with Gasteiger partial charge in [-0.25, -0.2) is 0 Å². The molecular formula is C14H23NO4. The summed E-state index contributed by atoms with van der Waals surface area (Å²) >= 11 is 0. The largest absolute Gasteiger partial charge is 0.481 e. The maximum absolute atomic E-state index is 12.2. The zero-order valence-corrected chi connectivity index (χ0v) is 11.5. The van der Waals surface area contributed by atoms with Crippen LogP contribution in [0.5, 0.6) is 0 Å². The predicted molar refractivity (Wildman–Crippen MR) is 69.8 cm³/mol. The van der Waals surface area contributed by atoms with E-state index in [1.165, 1.54) is 0 Å². The smallest absolute Gasteiger partial charge is 0.305 e. The van der Waals surface area contributed by atoms with Crippen molar-refractivity contribution in [2.75, 3.05) is 7.11 Å². The highest BCUT2D eigenvalue weighted by Crippen LogP contribution is 2.39. The van der Waals surface area contributed by atoms with Gasteiger partial charge in [-0.15, -0.1) is 0 Å². The lowest BCUT2D eigenvalue weighted by Gasteiger charge is -2.41. The van der Waals surface area contributed by atoms with E-state index in [0.29, 0.717) is 6.42 Å². The van der Waals surface area contributed by atoms with Gasteiger partial charge < -0.3 is 15.2 Å². The summed E-state index contributed by atoms with van der Waals surface area (Å²) in [7, 11) is 1.65. The minimum absolute atomic E-state index is 0.0265. The summed E-state index contributed by atoms with van der Waals surface area (Å²) < 4.78 is 5.45. The third kappa shape index (κ3) is 3.26. The molecule has 2 rings (SSSR count). The Labute approximate surface area is 113 Å². The molecule has 1 amide bonds. The second-order valence-corrected chi connectivity index (χ2v) is 6.02. The van der Waals surface area contributed by atoms with Gasteiger partial charge in [-0.3, -0.25) is 9.59 Å². The Morgan fingerprint density at radius 3 is 2.16 bits per heavy atom. The average Bonchev–Trinajstić information content (AvgIpc) is 2.70. The fraction of sp³-hybridized carbons (Fsp3) is 0.857. The number of aliphatic carboxylic acids is 1. The van der Waals surface area contributed by atoms with E-state index >= 15 is 0 Å². The van der Waals surface area contributed by atoms with Gasteiger partial charge in [0, 0.05) is 7.11 Å². The van der Waals surface area contributed by atoms with E-state index in [2.05, 4.69) is 5.32 Å². The second-order valence-electron chi connectivity index (χ2n) is 6.02. The summed E-state index contributed by atoms with van der Waals surface area (Å²) in [5, 5.41) is 12.0. The Morgan fingerprint density at radius 2 is 1.74 bits per heavy atom. The molecule has 2 aliphatic carbocycles. The van der Waals surface area contributed by atoms with Gasteiger partial charge in [-0.2, -0.15) is 0 Å². The van der Waals surface area contributed by atoms with Crippen LogP contribution >= 0.6 is 0 Å². The number of methoxy groups -OCH3 is 1. The summed E-state index contributed by atoms with van der Waals surface area (Å²) in [6, 6.07) is 0. The molecule has 2 N–H and O–H groups in total. The van der Waals surface area contributed by atoms with E-state index in [9.17, 15) is 9.59 Å². The van der Waals surface area contributed by atoms with E-state index < -0.39 is 11.5 Å². The third-order valence-corrected chi connectivity index (χ3v) is 4.64. The number of carboxylic acid groups (broad SMARTS) is 1. The molecular weight excluding hydrogens is 246 g/mol. The molecule has 0 bridgehead atoms. The number of hydrogen-bond acceptors (Lipinski definition) is 3. The van der Waals surface area contributed by atoms with Crippen molar-refractivity contribution >= 4 is 11.9 Å². The number of ether oxygens (including phenoxy) is 1. The lowest BCUT2D eigenvalue weighted by atomic mass is 9.77. The van der Waals surface area contributed by atoms with Crippen LogP contribution in [0.2, 0.25) is 0 Å². The summed E-state index contributed by atoms with van der Waals surface area (Å²) in [6.07, 6.45) is 6.83. The van der Waals surface area contributed by atoms with Crippen LogP contribution in [0.3, 0.4) is 0 Å². The maximum atomic E-state index is 12.2. The fourth-order valence-electron chi connectivity index (χ4n) is 3.34. The van der Waals surface area contributed by atoms with Crippen LogP contribution in [0.25, 0.3) is 0 Å². The molecule has 2 fully saturated rings. The number of carbonyl (C=O) groups is 2. The fourth-order valence-corrected chi connectivity index (χ4v) is 3.34. The molecule has 19 heavy (non-hydrogen) atoms. The predicted octanol–water partition coefficient (Wildman–Crippen LogP) is 1.85. The molecule has 0 atom stereocenters. The van der Waals surface area contributed by atoms with Gasteiger partial charge in [0.05, 0.1) is 24.0 Å². The maximum Gasteiger partial charge on any atom is 0.305 e. The molecule has 0 radical (unpaired) electrons. The molecule has 2 aliphatic rings. The van der Waals surface area contributed by atoms with Crippen molar-refractivity contribution in [2.24, 2.45) is 0 Å². The van der Waals surface area contributed by atoms with Gasteiger partial charge >= 0.3 is 5.97 Å². The van der Waals surface area contributed by atoms with E-state index in [0.717, 1.165) is 44.9 Å². The lowest BCUT2D eigenvalue weighted by molar-refractivity contribution is -0.140. The molecule has 0 heterocycles. The van der Waals surface area contributed by atoms with Crippen LogP contribution in [0.1, 0.15) is 57.8 Å². The first-order chi connectivity index (χ1) is 8.99. The number of amides is 1. The van der Waals surface area contributed by atoms with Crippen molar-refractivity contribution < 1.29 is 19.4 Å². The van der Waals surface area contributed by atoms with Gasteiger partial charge in [0.1, 0.15) is 0 Å². The lowest BCUT2D eigenvalue weighted by Crippen LogP contribution is -2.51. The minimum atomic E-state index is -0.840. The summed E-state index contributed by atoms with van der Waals surface area (Å²) in [6.45, 7) is 0. The van der Waals surface area contributed by atoms with Crippen LogP contribution in [-0.2, 0) is 14.3 Å². The van der Waals surface area contributed by atoms with Crippen LogP contribution in [-0.4, -0.2) is 35.2 Å². The van der Waals surface area contributed by atoms with Gasteiger partial charge in [-0.05, 0) is 32.1 Å². The van der Waals surface area contributed by atoms with E-state index in [4.69, 9.17) is 9.84 Å². The van der Waals surface area contributed by atoms with Crippen molar-refractivity contribution in [3.05, 3.63) is 0 Å². The molecule has 5 heteroatoms. The summed E-state index contributed by atoms with van der Waals surface area (Å²) in [5.41, 5.74) is -0.825. The number of carboxylic acids is 1. The molecule has 0 unspecified atom stereocenters. The molecule has 5 nitrogen and oxygen atoms in total. The van der Waals surface area contributed by atoms with Crippen LogP contribution < -0.4 is 5.32 Å². The zero-order valence-electron chi connectivity index (χ0n) is 11.5. The van der Waals surface area contributed by atoms with Crippen molar-refractivity contribution in [1.82, 2.24) is 5.32 Å². The van der Waals surface area contributed by atoms with Crippen LogP contribution in [0, 0.1) is 0 Å². The molecule has 0 aliphatic heterocycles. The number of rotatable bonds is 6. The van der Waals surface area contributed by atoms with Crippen molar-refractivity contribution in [2.45, 2.75) is 68.9 Å². The Morgan fingerprint density at radius 1 is 1.11 bits per heavy atom. The SMILES string of the molecule is COC1(CC(=O)NC2(CC(=O)O)CCCC2)CCC1. The van der Waals surface area contributed by atoms with Crippen LogP contribution in [0.4, 0.5) is 0 Å². The van der Waals surface area contributed by atoms with Gasteiger partial charge in [-0.1, -0.05) is 12.8 Å². The molecule has 0 aromatic rings. The topological polar surface area (TPSA) is 75.6 Å². The van der Waals surface area contributed by atoms with Gasteiger partial charge in [0.25, 0.3) is 0 Å². The van der Waals surface area contributed by atoms with Crippen molar-refractivity contribution in [3.63, 3.8) is 0 Å². The number of hydrogen-bond donors (Lipinski definition) is 2. The summed E-state index contributed by atoms with van der Waals surface area (Å²) in [5.74, 6) is -0.906. The zero-order chi connectivity index (χ0) is 13.9. The quantitative estimate of drug-likeness (QED) is 0.771. The van der Waals surface area contributed by atoms with E-state index in [-0.39, 0.29) is 17.9 Å². The van der Waals surface area contributed by atoms with Gasteiger partial charge in [0.15, 0.2) is 0 Å². The minimum Gasteiger partial charge on any atom is -0.481 e. The average molecular weight is 269 g/mol. The van der Waals surface area contributed by atoms with E-state index in [1.54, 1.807) is 7.11 Å². The normalized spacial score (nSPS) is 23.6. The first kappa shape index (κ1) is 14.3. The highest BCUT2D eigenvalue weighted by atomic mass is 16.5. The van der Waals surface area contributed by atoms with Crippen molar-refractivity contribution in [1.29, 1.82) is 0 Å². The molecule has 0 aromatic carbocycles. The highest BCUT2D eigenvalue weighted by Gasteiger charge is 2.42. The molecule has 2 saturated carbocycles. The Hall–Kier alpha value is -1.10. The first-order valence-corrected chi connectivity index (χ1v) is 7.07. The third-order valence-electron chi connectivity index (χ3n) is 4.64. The second kappa shape index (κ2) is 5.49. The number of carbonyl (C=O) groups excluding carboxylic acids is 1. The van der Waals surface area contributed by atoms with Crippen molar-refractivity contribution in [3.8, 4) is 0 Å². The number of nitrogens with one attached hydrogen (secondary N) is 1. The van der Waals surface area contributed by atoms with Crippen LogP contribution in [0.15, 0.2) is 0 Å². The highest BCUT2D eigenvalue weighted by molar-refractivity contribution is 5.79. The molecule has 0 saturated heterocycles. The molecule has 108 valence electrons. The molecule has 0 aromatic heterocycles. The Balaban J connectivity index is 1.93. The van der Waals surface area contributed by atoms with E-state index in [1.807, 2.05) is 0 Å².